The van der Waals surface area contributed by atoms with Crippen molar-refractivity contribution in [2.75, 3.05) is 26.9 Å². The summed E-state index contributed by atoms with van der Waals surface area (Å²) in [5, 5.41) is 32.6. The van der Waals surface area contributed by atoms with Crippen molar-refractivity contribution in [3.8, 4) is 5.75 Å². The smallest absolute Gasteiger partial charge is 0.340 e. The van der Waals surface area contributed by atoms with Gasteiger partial charge in [-0.25, -0.2) is 9.59 Å². The van der Waals surface area contributed by atoms with Crippen molar-refractivity contribution < 1.29 is 48.3 Å². The first-order valence-electron chi connectivity index (χ1n) is 30.1. The number of aliphatic hydroxyl groups is 3. The molecule has 2 bridgehead atoms. The zero-order chi connectivity index (χ0) is 57.0. The number of ether oxygens (including phenoxy) is 4. The molecule has 83 heavy (non-hydrogen) atoms. The highest BCUT2D eigenvalue weighted by molar-refractivity contribution is 5.90. The van der Waals surface area contributed by atoms with Gasteiger partial charge in [-0.1, -0.05) is 152 Å². The van der Waals surface area contributed by atoms with Gasteiger partial charge in [-0.2, -0.15) is 0 Å². The number of rotatable bonds is 10. The fourth-order valence-corrected chi connectivity index (χ4v) is 16.3. The number of hydrogen-bond donors (Lipinski definition) is 3. The van der Waals surface area contributed by atoms with Crippen LogP contribution in [0.15, 0.2) is 166 Å². The van der Waals surface area contributed by atoms with Gasteiger partial charge in [0, 0.05) is 72.2 Å². The maximum Gasteiger partial charge on any atom is 0.340 e. The van der Waals surface area contributed by atoms with Crippen molar-refractivity contribution in [3.63, 3.8) is 0 Å². The van der Waals surface area contributed by atoms with Crippen LogP contribution in [0.3, 0.4) is 0 Å². The largest absolute Gasteiger partial charge is 0.482 e. The third-order valence-electron chi connectivity index (χ3n) is 20.4. The SMILES string of the molecule is COCC(CCO)c1c(CO)c2ccc3c(c2oc1=O)C1OC(=O)CC2CC(c4cccc(C5(c6ccccc6)CCCC5)c4)C=CC2c2ccc(cc2)CCC(=C(C)CO)C(=O)OC1C1(CC=CC2C4C=Cc5ccccc5C4CC21)O3. The summed E-state index contributed by atoms with van der Waals surface area (Å²) >= 11 is 0. The zero-order valence-corrected chi connectivity index (χ0v) is 47.4. The van der Waals surface area contributed by atoms with Crippen molar-refractivity contribution in [1.82, 2.24) is 0 Å². The lowest BCUT2D eigenvalue weighted by atomic mass is 9.66. The molecular weight excluding hydrogens is 1040 g/mol. The number of allylic oxidation sites excluding steroid dienone is 4. The molecule has 0 amide bonds. The number of methoxy groups -OCH3 is 1. The van der Waals surface area contributed by atoms with Crippen LogP contribution in [-0.2, 0) is 42.2 Å². The van der Waals surface area contributed by atoms with E-state index < -0.39 is 47.9 Å². The summed E-state index contributed by atoms with van der Waals surface area (Å²) in [7, 11) is 1.51. The predicted molar refractivity (Wildman–Crippen MR) is 318 cm³/mol. The van der Waals surface area contributed by atoms with E-state index in [1.165, 1.54) is 42.2 Å². The fraction of sp³-hybridized carbons (Fsp3) is 0.403. The number of esters is 2. The Balaban J connectivity index is 0.966. The molecule has 2 saturated carbocycles. The molecule has 14 rings (SSSR count). The first-order valence-corrected chi connectivity index (χ1v) is 30.1. The van der Waals surface area contributed by atoms with E-state index in [9.17, 15) is 20.1 Å². The highest BCUT2D eigenvalue weighted by atomic mass is 16.6. The number of carbonyl (C=O) groups is 2. The van der Waals surface area contributed by atoms with Gasteiger partial charge in [-0.3, -0.25) is 4.79 Å². The lowest BCUT2D eigenvalue weighted by Gasteiger charge is -2.52. The summed E-state index contributed by atoms with van der Waals surface area (Å²) in [5.41, 5.74) is 7.74. The van der Waals surface area contributed by atoms with Crippen LogP contribution in [0, 0.1) is 23.7 Å². The summed E-state index contributed by atoms with van der Waals surface area (Å²) in [6.45, 7) is 0.656. The van der Waals surface area contributed by atoms with Gasteiger partial charge in [0.25, 0.3) is 0 Å². The van der Waals surface area contributed by atoms with E-state index in [0.29, 0.717) is 48.0 Å². The molecule has 11 atom stereocenters. The van der Waals surface area contributed by atoms with Crippen molar-refractivity contribution in [1.29, 1.82) is 0 Å². The van der Waals surface area contributed by atoms with Crippen LogP contribution in [0.25, 0.3) is 17.0 Å². The molecule has 5 aromatic carbocycles. The van der Waals surface area contributed by atoms with Crippen LogP contribution in [0.4, 0.5) is 0 Å². The van der Waals surface area contributed by atoms with Gasteiger partial charge in [0.05, 0.1) is 25.4 Å². The van der Waals surface area contributed by atoms with Gasteiger partial charge < -0.3 is 38.7 Å². The second-order valence-corrected chi connectivity index (χ2v) is 24.6. The summed E-state index contributed by atoms with van der Waals surface area (Å²) in [6, 6.07) is 40.5. The molecule has 5 aliphatic carbocycles. The molecule has 11 heteroatoms. The van der Waals surface area contributed by atoms with Crippen LogP contribution in [0.2, 0.25) is 0 Å². The molecule has 4 heterocycles. The molecule has 1 aromatic heterocycles. The Morgan fingerprint density at radius 1 is 0.783 bits per heavy atom. The number of aryl methyl sites for hydroxylation is 1. The second kappa shape index (κ2) is 22.8. The Kier molecular flexibility index (Phi) is 15.1. The Morgan fingerprint density at radius 2 is 1.58 bits per heavy atom. The Morgan fingerprint density at radius 3 is 2.36 bits per heavy atom. The lowest BCUT2D eigenvalue weighted by Crippen LogP contribution is -2.61. The fourth-order valence-electron chi connectivity index (χ4n) is 16.3. The molecule has 6 aromatic rings. The topological polar surface area (TPSA) is 162 Å². The molecular formula is C72H74O11. The van der Waals surface area contributed by atoms with Gasteiger partial charge in [0.2, 0.25) is 0 Å². The van der Waals surface area contributed by atoms with Crippen molar-refractivity contribution >= 4 is 29.0 Å². The van der Waals surface area contributed by atoms with Gasteiger partial charge in [0.1, 0.15) is 11.3 Å². The monoisotopic (exact) mass is 1110 g/mol. The van der Waals surface area contributed by atoms with E-state index in [0.717, 1.165) is 29.5 Å². The predicted octanol–water partition coefficient (Wildman–Crippen LogP) is 12.7. The molecule has 0 saturated heterocycles. The van der Waals surface area contributed by atoms with Crippen LogP contribution < -0.4 is 10.4 Å². The van der Waals surface area contributed by atoms with Gasteiger partial charge in [-0.05, 0) is 138 Å². The van der Waals surface area contributed by atoms with Crippen molar-refractivity contribution in [2.24, 2.45) is 23.7 Å². The van der Waals surface area contributed by atoms with Crippen LogP contribution >= 0.6 is 0 Å². The molecule has 11 unspecified atom stereocenters. The standard InChI is InChI=1S/C72H74O11/c1-43(40-74)53-26-21-44-19-22-46(23-20-44)54-27-25-48(47-13-10-16-52(37-47)71(32-8-9-33-71)51-14-4-3-5-15-51)36-50(54)38-63(76)80-67-65-62(30-29-58-60(41-75)64(70(78)81-66(58)65)49(31-35-73)42-79-2)83-72(68(67)82-69(53)77)34-11-18-57-56-28-24-45-12-6-7-17-55(45)59(56)39-61(57)72/h3-7,10-20,22-25,27-30,37,48-50,54,56-57,59,61,67-68,73-75H,8-9,21,26,31-36,38-42H2,1-2H3. The summed E-state index contributed by atoms with van der Waals surface area (Å²) in [4.78, 5) is 46.0. The van der Waals surface area contributed by atoms with Crippen molar-refractivity contribution in [2.45, 2.75) is 131 Å². The minimum atomic E-state index is -1.38. The van der Waals surface area contributed by atoms with E-state index in [4.69, 9.17) is 23.4 Å². The Bertz CT molecular complexity index is 3610. The van der Waals surface area contributed by atoms with Crippen LogP contribution in [0.5, 0.6) is 5.75 Å². The second-order valence-electron chi connectivity index (χ2n) is 24.6. The third-order valence-corrected chi connectivity index (χ3v) is 20.4. The maximum atomic E-state index is 15.8. The summed E-state index contributed by atoms with van der Waals surface area (Å²) < 4.78 is 33.8. The van der Waals surface area contributed by atoms with Crippen LogP contribution in [0.1, 0.15) is 157 Å². The average Bonchev–Trinajstić information content (AvgIpc) is 3.78. The van der Waals surface area contributed by atoms with E-state index in [1.54, 1.807) is 19.1 Å². The highest BCUT2D eigenvalue weighted by Gasteiger charge is 2.64. The van der Waals surface area contributed by atoms with E-state index >= 15 is 9.59 Å². The van der Waals surface area contributed by atoms with Crippen molar-refractivity contribution in [3.05, 3.63) is 223 Å². The lowest BCUT2D eigenvalue weighted by molar-refractivity contribution is -0.205. The molecule has 11 nitrogen and oxygen atoms in total. The number of fused-ring (bicyclic) bond motifs is 17. The van der Waals surface area contributed by atoms with E-state index in [-0.39, 0.29) is 108 Å². The molecule has 3 N–H and O–H groups in total. The Hall–Kier alpha value is -7.15. The molecule has 2 fully saturated rings. The number of carbonyl (C=O) groups excluding carboxylic acids is 2. The number of benzene rings is 5. The van der Waals surface area contributed by atoms with E-state index in [2.05, 4.69) is 140 Å². The molecule has 3 aliphatic heterocycles. The van der Waals surface area contributed by atoms with Gasteiger partial charge >= 0.3 is 17.6 Å². The van der Waals surface area contributed by atoms with E-state index in [1.807, 2.05) is 0 Å². The number of hydrogen-bond acceptors (Lipinski definition) is 11. The van der Waals surface area contributed by atoms with Crippen LogP contribution in [-0.4, -0.2) is 65.9 Å². The molecule has 1 spiro atoms. The van der Waals surface area contributed by atoms with Gasteiger partial charge in [-0.15, -0.1) is 0 Å². The normalized spacial score (nSPS) is 28.7. The summed E-state index contributed by atoms with van der Waals surface area (Å²) in [5.74, 6) is -1.95. The van der Waals surface area contributed by atoms with Gasteiger partial charge in [0.15, 0.2) is 17.8 Å². The minimum Gasteiger partial charge on any atom is -0.482 e. The number of aliphatic hydroxyl groups excluding tert-OH is 3. The molecule has 0 radical (unpaired) electrons. The zero-order valence-electron chi connectivity index (χ0n) is 47.4. The maximum absolute atomic E-state index is 15.8. The minimum absolute atomic E-state index is 0.00280. The average molecular weight is 1120 g/mol. The molecule has 428 valence electrons. The third kappa shape index (κ3) is 9.65. The molecule has 8 aliphatic rings. The quantitative estimate of drug-likeness (QED) is 0.0518. The Labute approximate surface area is 485 Å². The first kappa shape index (κ1) is 55.1. The first-order chi connectivity index (χ1) is 40.6. The highest BCUT2D eigenvalue weighted by Crippen LogP contribution is 2.62. The summed E-state index contributed by atoms with van der Waals surface area (Å²) in [6.07, 6.45) is 17.9.